The number of amides is 1. The predicted molar refractivity (Wildman–Crippen MR) is 71.8 cm³/mol. The molecule has 3 nitrogen and oxygen atoms in total. The van der Waals surface area contributed by atoms with E-state index in [0.29, 0.717) is 11.4 Å². The Morgan fingerprint density at radius 1 is 1.26 bits per heavy atom. The predicted octanol–water partition coefficient (Wildman–Crippen LogP) is 3.93. The number of hydrogen-bond acceptors (Lipinski definition) is 2. The van der Waals surface area contributed by atoms with Gasteiger partial charge in [0.2, 0.25) is 0 Å². The largest absolute Gasteiger partial charge is 0.490 e. The molecule has 1 aromatic carbocycles. The van der Waals surface area contributed by atoms with Gasteiger partial charge in [0.1, 0.15) is 5.75 Å². The molecule has 0 radical (unpaired) electrons. The van der Waals surface area contributed by atoms with Crippen molar-refractivity contribution in [1.29, 1.82) is 0 Å². The fourth-order valence-corrected chi connectivity index (χ4v) is 2.12. The van der Waals surface area contributed by atoms with Crippen molar-refractivity contribution >= 4 is 27.5 Å². The third-order valence-corrected chi connectivity index (χ3v) is 3.33. The van der Waals surface area contributed by atoms with Gasteiger partial charge in [-0.05, 0) is 49.9 Å². The molecule has 0 bridgehead atoms. The van der Waals surface area contributed by atoms with Gasteiger partial charge in [-0.2, -0.15) is 8.78 Å². The van der Waals surface area contributed by atoms with Gasteiger partial charge in [-0.15, -0.1) is 0 Å². The molecule has 104 valence electrons. The molecular formula is C13H14BrF2NO2. The molecule has 2 rings (SSSR count). The van der Waals surface area contributed by atoms with Gasteiger partial charge in [0.15, 0.2) is 0 Å². The van der Waals surface area contributed by atoms with Crippen molar-refractivity contribution < 1.29 is 18.3 Å². The van der Waals surface area contributed by atoms with Crippen LogP contribution in [-0.2, 0) is 4.79 Å². The summed E-state index contributed by atoms with van der Waals surface area (Å²) < 4.78 is 31.0. The van der Waals surface area contributed by atoms with Crippen LogP contribution in [0.4, 0.5) is 14.5 Å². The van der Waals surface area contributed by atoms with E-state index in [1.807, 2.05) is 15.9 Å². The summed E-state index contributed by atoms with van der Waals surface area (Å²) in [7, 11) is 0. The molecule has 0 unspecified atom stereocenters. The number of alkyl halides is 3. The number of nitrogens with one attached hydrogen (secondary N) is 1. The van der Waals surface area contributed by atoms with Crippen LogP contribution < -0.4 is 10.1 Å². The molecular weight excluding hydrogens is 320 g/mol. The fraction of sp³-hybridized carbons (Fsp3) is 0.462. The zero-order chi connectivity index (χ0) is 13.9. The fourth-order valence-electron chi connectivity index (χ4n) is 2.02. The molecule has 1 amide bonds. The number of carbonyl (C=O) groups is 1. The van der Waals surface area contributed by atoms with Crippen molar-refractivity contribution in [3.05, 3.63) is 24.3 Å². The van der Waals surface area contributed by atoms with E-state index < -0.39 is 10.7 Å². The summed E-state index contributed by atoms with van der Waals surface area (Å²) >= 11 is 2.00. The Balaban J connectivity index is 1.92. The van der Waals surface area contributed by atoms with Crippen LogP contribution in [0.5, 0.6) is 5.75 Å². The van der Waals surface area contributed by atoms with E-state index in [1.165, 1.54) is 12.8 Å². The first kappa shape index (κ1) is 14.2. The molecule has 0 heterocycles. The number of benzene rings is 1. The zero-order valence-corrected chi connectivity index (χ0v) is 11.8. The average Bonchev–Trinajstić information content (AvgIpc) is 2.83. The van der Waals surface area contributed by atoms with E-state index in [-0.39, 0.29) is 6.10 Å². The Kier molecular flexibility index (Phi) is 4.39. The smallest absolute Gasteiger partial charge is 0.378 e. The van der Waals surface area contributed by atoms with E-state index in [1.54, 1.807) is 24.3 Å². The van der Waals surface area contributed by atoms with Gasteiger partial charge < -0.3 is 10.1 Å². The van der Waals surface area contributed by atoms with Crippen molar-refractivity contribution in [3.63, 3.8) is 0 Å². The summed E-state index contributed by atoms with van der Waals surface area (Å²) in [6.07, 6.45) is 4.70. The molecule has 0 aromatic heterocycles. The molecule has 0 atom stereocenters. The summed E-state index contributed by atoms with van der Waals surface area (Å²) in [5.74, 6) is -0.701. The first-order chi connectivity index (χ1) is 8.95. The second-order valence-electron chi connectivity index (χ2n) is 4.50. The molecule has 1 N–H and O–H groups in total. The van der Waals surface area contributed by atoms with Crippen molar-refractivity contribution in [3.8, 4) is 5.75 Å². The van der Waals surface area contributed by atoms with Crippen LogP contribution in [-0.4, -0.2) is 16.8 Å². The zero-order valence-electron chi connectivity index (χ0n) is 10.2. The van der Waals surface area contributed by atoms with Gasteiger partial charge in [-0.25, -0.2) is 0 Å². The minimum absolute atomic E-state index is 0.243. The molecule has 1 fully saturated rings. The lowest BCUT2D eigenvalue weighted by Gasteiger charge is -2.14. The van der Waals surface area contributed by atoms with Crippen LogP contribution in [0, 0.1) is 0 Å². The summed E-state index contributed by atoms with van der Waals surface area (Å²) in [6.45, 7) is 0. The van der Waals surface area contributed by atoms with E-state index in [9.17, 15) is 13.6 Å². The number of carbonyl (C=O) groups excluding carboxylic acids is 1. The SMILES string of the molecule is O=C(Nc1ccc(OC2CCCC2)cc1)C(F)(F)Br. The Morgan fingerprint density at radius 3 is 2.37 bits per heavy atom. The number of rotatable bonds is 4. The molecule has 0 saturated heterocycles. The Hall–Kier alpha value is -1.17. The average molecular weight is 334 g/mol. The third kappa shape index (κ3) is 4.16. The maximum atomic E-state index is 12.6. The Bertz CT molecular complexity index is 439. The van der Waals surface area contributed by atoms with Crippen molar-refractivity contribution in [1.82, 2.24) is 0 Å². The normalized spacial score (nSPS) is 16.4. The summed E-state index contributed by atoms with van der Waals surface area (Å²) in [5.41, 5.74) is 0.308. The van der Waals surface area contributed by atoms with Crippen LogP contribution >= 0.6 is 15.9 Å². The first-order valence-electron chi connectivity index (χ1n) is 6.10. The highest BCUT2D eigenvalue weighted by atomic mass is 79.9. The van der Waals surface area contributed by atoms with E-state index in [0.717, 1.165) is 12.8 Å². The van der Waals surface area contributed by atoms with Gasteiger partial charge >= 0.3 is 10.7 Å². The highest BCUT2D eigenvalue weighted by Crippen LogP contribution is 2.26. The van der Waals surface area contributed by atoms with Gasteiger partial charge in [-0.1, -0.05) is 0 Å². The lowest BCUT2D eigenvalue weighted by molar-refractivity contribution is -0.128. The topological polar surface area (TPSA) is 38.3 Å². The Morgan fingerprint density at radius 2 is 1.84 bits per heavy atom. The third-order valence-electron chi connectivity index (χ3n) is 2.97. The van der Waals surface area contributed by atoms with E-state index in [2.05, 4.69) is 5.32 Å². The van der Waals surface area contributed by atoms with Gasteiger partial charge in [0.05, 0.1) is 6.10 Å². The molecule has 0 spiro atoms. The van der Waals surface area contributed by atoms with Gasteiger partial charge in [-0.3, -0.25) is 4.79 Å². The molecule has 1 aromatic rings. The lowest BCUT2D eigenvalue weighted by atomic mass is 10.2. The van der Waals surface area contributed by atoms with Crippen LogP contribution in [0.15, 0.2) is 24.3 Å². The maximum Gasteiger partial charge on any atom is 0.378 e. The molecule has 1 saturated carbocycles. The summed E-state index contributed by atoms with van der Waals surface area (Å²) in [6, 6.07) is 6.42. The minimum atomic E-state index is -3.56. The number of halogens is 3. The highest BCUT2D eigenvalue weighted by molar-refractivity contribution is 9.10. The van der Waals surface area contributed by atoms with Crippen LogP contribution in [0.25, 0.3) is 0 Å². The molecule has 19 heavy (non-hydrogen) atoms. The Labute approximate surface area is 118 Å². The molecule has 0 aliphatic heterocycles. The van der Waals surface area contributed by atoms with Crippen molar-refractivity contribution in [2.24, 2.45) is 0 Å². The second kappa shape index (κ2) is 5.86. The van der Waals surface area contributed by atoms with Crippen LogP contribution in [0.1, 0.15) is 25.7 Å². The first-order valence-corrected chi connectivity index (χ1v) is 6.89. The summed E-state index contributed by atoms with van der Waals surface area (Å²) in [4.78, 5) is 7.49. The maximum absolute atomic E-state index is 12.6. The van der Waals surface area contributed by atoms with E-state index >= 15 is 0 Å². The van der Waals surface area contributed by atoms with Crippen molar-refractivity contribution in [2.75, 3.05) is 5.32 Å². The number of hydrogen-bond donors (Lipinski definition) is 1. The van der Waals surface area contributed by atoms with Gasteiger partial charge in [0, 0.05) is 21.6 Å². The molecule has 1 aliphatic rings. The van der Waals surface area contributed by atoms with Crippen molar-refractivity contribution in [2.45, 2.75) is 36.6 Å². The van der Waals surface area contributed by atoms with Gasteiger partial charge in [0.25, 0.3) is 0 Å². The number of anilines is 1. The second-order valence-corrected chi connectivity index (χ2v) is 5.50. The standard InChI is InChI=1S/C13H14BrF2NO2/c14-13(15,16)12(18)17-9-5-7-11(8-6-9)19-10-3-1-2-4-10/h5-8,10H,1-4H2,(H,17,18). The highest BCUT2D eigenvalue weighted by Gasteiger charge is 2.34. The monoisotopic (exact) mass is 333 g/mol. The quantitative estimate of drug-likeness (QED) is 0.847. The minimum Gasteiger partial charge on any atom is -0.490 e. The molecule has 1 aliphatic carbocycles. The van der Waals surface area contributed by atoms with Crippen LogP contribution in [0.2, 0.25) is 0 Å². The molecule has 6 heteroatoms. The lowest BCUT2D eigenvalue weighted by Crippen LogP contribution is -2.28. The number of ether oxygens (including phenoxy) is 1. The summed E-state index contributed by atoms with van der Waals surface area (Å²) in [5, 5.41) is 2.11. The van der Waals surface area contributed by atoms with E-state index in [4.69, 9.17) is 4.74 Å². The van der Waals surface area contributed by atoms with Crippen LogP contribution in [0.3, 0.4) is 0 Å².